The van der Waals surface area contributed by atoms with Gasteiger partial charge in [-0.2, -0.15) is 9.61 Å². The van der Waals surface area contributed by atoms with Crippen molar-refractivity contribution in [3.05, 3.63) is 76.0 Å². The molecule has 0 bridgehead atoms. The fourth-order valence-electron chi connectivity index (χ4n) is 2.61. The van der Waals surface area contributed by atoms with Gasteiger partial charge in [0.25, 0.3) is 0 Å². The maximum absolute atomic E-state index is 12.8. The van der Waals surface area contributed by atoms with Crippen molar-refractivity contribution in [2.45, 2.75) is 19.4 Å². The Labute approximate surface area is 153 Å². The molecule has 1 atom stereocenters. The van der Waals surface area contributed by atoms with Crippen LogP contribution in [0.25, 0.3) is 16.2 Å². The van der Waals surface area contributed by atoms with Gasteiger partial charge in [-0.25, -0.2) is 0 Å². The SMILES string of the molecule is CC[C@H](Oc1ccccc1)c1nn2c(=O)c(-c3ccccc3)nnc2s1. The highest BCUT2D eigenvalue weighted by Gasteiger charge is 2.20. The molecule has 0 fully saturated rings. The minimum atomic E-state index is -0.279. The lowest BCUT2D eigenvalue weighted by Gasteiger charge is -2.14. The standard InChI is InChI=1S/C19H16N4O2S/c1-2-15(25-14-11-7-4-8-12-14)17-22-23-18(24)16(20-21-19(23)26-17)13-9-5-3-6-10-13/h3-12,15H,2H2,1H3/t15-/m0/s1. The number of hydrogen-bond acceptors (Lipinski definition) is 6. The van der Waals surface area contributed by atoms with Crippen LogP contribution in [0.15, 0.2) is 65.5 Å². The van der Waals surface area contributed by atoms with E-state index >= 15 is 0 Å². The smallest absolute Gasteiger partial charge is 0.302 e. The molecule has 7 heteroatoms. The van der Waals surface area contributed by atoms with Crippen LogP contribution in [0.4, 0.5) is 0 Å². The first-order valence-electron chi connectivity index (χ1n) is 8.30. The molecular weight excluding hydrogens is 348 g/mol. The molecule has 0 saturated heterocycles. The highest BCUT2D eigenvalue weighted by Crippen LogP contribution is 2.27. The number of fused-ring (bicyclic) bond motifs is 1. The van der Waals surface area contributed by atoms with Crippen LogP contribution in [0.5, 0.6) is 5.75 Å². The van der Waals surface area contributed by atoms with E-state index in [1.165, 1.54) is 15.9 Å². The number of rotatable bonds is 5. The van der Waals surface area contributed by atoms with E-state index in [-0.39, 0.29) is 17.4 Å². The molecular formula is C19H16N4O2S. The third kappa shape index (κ3) is 3.09. The number of nitrogens with zero attached hydrogens (tertiary/aromatic N) is 4. The summed E-state index contributed by atoms with van der Waals surface area (Å²) in [7, 11) is 0. The zero-order valence-electron chi connectivity index (χ0n) is 14.1. The molecule has 0 N–H and O–H groups in total. The van der Waals surface area contributed by atoms with Crippen LogP contribution in [-0.2, 0) is 0 Å². The normalized spacial score (nSPS) is 12.2. The Morgan fingerprint density at radius 3 is 2.42 bits per heavy atom. The van der Waals surface area contributed by atoms with E-state index in [9.17, 15) is 4.79 Å². The van der Waals surface area contributed by atoms with Crippen LogP contribution in [0.1, 0.15) is 24.5 Å². The number of aromatic nitrogens is 4. The summed E-state index contributed by atoms with van der Waals surface area (Å²) in [5.74, 6) is 0.766. The molecule has 0 radical (unpaired) electrons. The summed E-state index contributed by atoms with van der Waals surface area (Å²) < 4.78 is 7.33. The van der Waals surface area contributed by atoms with Gasteiger partial charge in [0.15, 0.2) is 16.8 Å². The van der Waals surface area contributed by atoms with Gasteiger partial charge in [0, 0.05) is 5.56 Å². The number of para-hydroxylation sites is 1. The first-order chi connectivity index (χ1) is 12.8. The van der Waals surface area contributed by atoms with Crippen molar-refractivity contribution in [3.8, 4) is 17.0 Å². The quantitative estimate of drug-likeness (QED) is 0.539. The topological polar surface area (TPSA) is 69.4 Å². The molecule has 2 aromatic carbocycles. The summed E-state index contributed by atoms with van der Waals surface area (Å²) in [6, 6.07) is 18.8. The lowest BCUT2D eigenvalue weighted by Crippen LogP contribution is -2.19. The van der Waals surface area contributed by atoms with Gasteiger partial charge in [0.05, 0.1) is 0 Å². The van der Waals surface area contributed by atoms with Gasteiger partial charge in [-0.05, 0) is 18.6 Å². The minimum absolute atomic E-state index is 0.247. The highest BCUT2D eigenvalue weighted by atomic mass is 32.1. The molecule has 0 aliphatic carbocycles. The van der Waals surface area contributed by atoms with Crippen molar-refractivity contribution in [2.75, 3.05) is 0 Å². The fraction of sp³-hybridized carbons (Fsp3) is 0.158. The van der Waals surface area contributed by atoms with E-state index < -0.39 is 0 Å². The van der Waals surface area contributed by atoms with Gasteiger partial charge in [0.2, 0.25) is 4.96 Å². The third-order valence-electron chi connectivity index (χ3n) is 3.92. The molecule has 0 aliphatic rings. The number of benzene rings is 2. The molecule has 26 heavy (non-hydrogen) atoms. The summed E-state index contributed by atoms with van der Waals surface area (Å²) in [4.78, 5) is 13.2. The van der Waals surface area contributed by atoms with Crippen LogP contribution in [-0.4, -0.2) is 19.8 Å². The Kier molecular flexibility index (Phi) is 4.45. The van der Waals surface area contributed by atoms with Crippen LogP contribution in [0, 0.1) is 0 Å². The first kappa shape index (κ1) is 16.4. The average Bonchev–Trinajstić information content (AvgIpc) is 3.13. The van der Waals surface area contributed by atoms with Crippen LogP contribution >= 0.6 is 11.3 Å². The van der Waals surface area contributed by atoms with Crippen molar-refractivity contribution in [1.29, 1.82) is 0 Å². The van der Waals surface area contributed by atoms with Crippen LogP contribution < -0.4 is 10.3 Å². The highest BCUT2D eigenvalue weighted by molar-refractivity contribution is 7.16. The van der Waals surface area contributed by atoms with Gasteiger partial charge in [-0.1, -0.05) is 66.8 Å². The first-order valence-corrected chi connectivity index (χ1v) is 9.11. The predicted octanol–water partition coefficient (Wildman–Crippen LogP) is 3.74. The van der Waals surface area contributed by atoms with Gasteiger partial charge >= 0.3 is 5.56 Å². The van der Waals surface area contributed by atoms with Crippen LogP contribution in [0.3, 0.4) is 0 Å². The fourth-order valence-corrected chi connectivity index (χ4v) is 3.56. The maximum atomic E-state index is 12.8. The molecule has 0 unspecified atom stereocenters. The molecule has 4 aromatic rings. The maximum Gasteiger partial charge on any atom is 0.302 e. The number of hydrogen-bond donors (Lipinski definition) is 0. The zero-order valence-corrected chi connectivity index (χ0v) is 14.9. The summed E-state index contributed by atoms with van der Waals surface area (Å²) in [5.41, 5.74) is 0.733. The van der Waals surface area contributed by atoms with Crippen molar-refractivity contribution in [1.82, 2.24) is 19.8 Å². The molecule has 2 aromatic heterocycles. The Morgan fingerprint density at radius 2 is 1.73 bits per heavy atom. The van der Waals surface area contributed by atoms with Crippen molar-refractivity contribution >= 4 is 16.3 Å². The monoisotopic (exact) mass is 364 g/mol. The second-order valence-corrected chi connectivity index (χ2v) is 6.67. The largest absolute Gasteiger partial charge is 0.483 e. The summed E-state index contributed by atoms with van der Waals surface area (Å²) in [6.07, 6.45) is 0.478. The average molecular weight is 364 g/mol. The summed E-state index contributed by atoms with van der Waals surface area (Å²) in [5, 5.41) is 13.4. The third-order valence-corrected chi connectivity index (χ3v) is 4.91. The van der Waals surface area contributed by atoms with E-state index in [2.05, 4.69) is 15.3 Å². The van der Waals surface area contributed by atoms with E-state index in [4.69, 9.17) is 4.74 Å². The van der Waals surface area contributed by atoms with E-state index in [1.807, 2.05) is 67.6 Å². The van der Waals surface area contributed by atoms with E-state index in [0.29, 0.717) is 9.97 Å². The van der Waals surface area contributed by atoms with Crippen molar-refractivity contribution < 1.29 is 4.74 Å². The Hall–Kier alpha value is -3.06. The summed E-state index contributed by atoms with van der Waals surface area (Å²) >= 11 is 1.32. The molecule has 0 aliphatic heterocycles. The van der Waals surface area contributed by atoms with Gasteiger partial charge < -0.3 is 4.74 Å². The Morgan fingerprint density at radius 1 is 1.04 bits per heavy atom. The van der Waals surface area contributed by atoms with Gasteiger partial charge in [0.1, 0.15) is 5.75 Å². The van der Waals surface area contributed by atoms with Gasteiger partial charge in [-0.3, -0.25) is 4.79 Å². The lowest BCUT2D eigenvalue weighted by molar-refractivity contribution is 0.199. The summed E-state index contributed by atoms with van der Waals surface area (Å²) in [6.45, 7) is 2.02. The molecule has 6 nitrogen and oxygen atoms in total. The predicted molar refractivity (Wildman–Crippen MR) is 100 cm³/mol. The molecule has 0 spiro atoms. The lowest BCUT2D eigenvalue weighted by atomic mass is 10.2. The Balaban J connectivity index is 1.73. The minimum Gasteiger partial charge on any atom is -0.483 e. The molecule has 0 amide bonds. The number of ether oxygens (including phenoxy) is 1. The molecule has 130 valence electrons. The van der Waals surface area contributed by atoms with Crippen molar-refractivity contribution in [2.24, 2.45) is 0 Å². The van der Waals surface area contributed by atoms with Crippen LogP contribution in [0.2, 0.25) is 0 Å². The van der Waals surface area contributed by atoms with E-state index in [0.717, 1.165) is 17.7 Å². The molecule has 4 rings (SSSR count). The van der Waals surface area contributed by atoms with E-state index in [1.54, 1.807) is 0 Å². The Bertz CT molecular complexity index is 1080. The zero-order chi connectivity index (χ0) is 17.9. The molecule has 2 heterocycles. The second kappa shape index (κ2) is 7.05. The second-order valence-electron chi connectivity index (χ2n) is 5.68. The van der Waals surface area contributed by atoms with Gasteiger partial charge in [-0.15, -0.1) is 10.2 Å². The molecule has 0 saturated carbocycles. The van der Waals surface area contributed by atoms with Crippen molar-refractivity contribution in [3.63, 3.8) is 0 Å².